The topological polar surface area (TPSA) is 34.1 Å². The third-order valence-corrected chi connectivity index (χ3v) is 2.28. The minimum atomic E-state index is -0.272. The maximum Gasteiger partial charge on any atom is 0.143 e. The van der Waals surface area contributed by atoms with Gasteiger partial charge in [-0.25, -0.2) is 0 Å². The molecule has 0 aromatic carbocycles. The molecule has 11 heavy (non-hydrogen) atoms. The van der Waals surface area contributed by atoms with Crippen LogP contribution in [0.1, 0.15) is 33.1 Å². The van der Waals surface area contributed by atoms with Crippen molar-refractivity contribution in [1.82, 2.24) is 0 Å². The fourth-order valence-corrected chi connectivity index (χ4v) is 1.68. The van der Waals surface area contributed by atoms with Crippen molar-refractivity contribution in [3.05, 3.63) is 0 Å². The fourth-order valence-electron chi connectivity index (χ4n) is 1.68. The number of Topliss-reactive ketones (excluding diaryl/α,β-unsaturated/α-hetero) is 2. The summed E-state index contributed by atoms with van der Waals surface area (Å²) in [5.41, 5.74) is 0. The molecule has 0 unspecified atom stereocenters. The van der Waals surface area contributed by atoms with Crippen molar-refractivity contribution in [2.75, 3.05) is 0 Å². The van der Waals surface area contributed by atoms with E-state index in [0.29, 0.717) is 19.3 Å². The first kappa shape index (κ1) is 8.44. The Balaban J connectivity index is 2.67. The molecule has 0 saturated heterocycles. The summed E-state index contributed by atoms with van der Waals surface area (Å²) in [6.45, 7) is 3.86. The lowest BCUT2D eigenvalue weighted by Gasteiger charge is -2.22. The van der Waals surface area contributed by atoms with E-state index in [9.17, 15) is 9.59 Å². The lowest BCUT2D eigenvalue weighted by Crippen LogP contribution is -2.31. The van der Waals surface area contributed by atoms with Crippen LogP contribution in [-0.4, -0.2) is 11.6 Å². The molecule has 2 nitrogen and oxygen atoms in total. The third-order valence-electron chi connectivity index (χ3n) is 2.28. The molecule has 1 aliphatic rings. The summed E-state index contributed by atoms with van der Waals surface area (Å²) in [6, 6.07) is 0. The smallest absolute Gasteiger partial charge is 0.143 e. The summed E-state index contributed by atoms with van der Waals surface area (Å²) in [5.74, 6) is 0.302. The maximum atomic E-state index is 11.2. The summed E-state index contributed by atoms with van der Waals surface area (Å²) < 4.78 is 0. The van der Waals surface area contributed by atoms with Crippen molar-refractivity contribution in [3.8, 4) is 0 Å². The highest BCUT2D eigenvalue weighted by Crippen LogP contribution is 2.24. The van der Waals surface area contributed by atoms with Crippen molar-refractivity contribution in [3.63, 3.8) is 0 Å². The minimum absolute atomic E-state index is 0.149. The van der Waals surface area contributed by atoms with Crippen LogP contribution in [0.4, 0.5) is 0 Å². The summed E-state index contributed by atoms with van der Waals surface area (Å²) in [7, 11) is 0. The van der Waals surface area contributed by atoms with Gasteiger partial charge in [0.2, 0.25) is 0 Å². The SMILES string of the molecule is CCC1C(=O)CC(C)CC1=O. The van der Waals surface area contributed by atoms with Gasteiger partial charge in [-0.3, -0.25) is 9.59 Å². The maximum absolute atomic E-state index is 11.2. The van der Waals surface area contributed by atoms with Crippen molar-refractivity contribution in [1.29, 1.82) is 0 Å². The fraction of sp³-hybridized carbons (Fsp3) is 0.778. The van der Waals surface area contributed by atoms with Gasteiger partial charge in [0.25, 0.3) is 0 Å². The first-order valence-electron chi connectivity index (χ1n) is 4.20. The Bertz CT molecular complexity index is 166. The number of hydrogen-bond donors (Lipinski definition) is 0. The van der Waals surface area contributed by atoms with Crippen molar-refractivity contribution in [2.45, 2.75) is 33.1 Å². The molecule has 0 radical (unpaired) electrons. The summed E-state index contributed by atoms with van der Waals surface area (Å²) in [6.07, 6.45) is 1.89. The molecule has 1 rings (SSSR count). The molecule has 0 atom stereocenters. The summed E-state index contributed by atoms with van der Waals surface area (Å²) >= 11 is 0. The summed E-state index contributed by atoms with van der Waals surface area (Å²) in [4.78, 5) is 22.5. The van der Waals surface area contributed by atoms with E-state index in [1.807, 2.05) is 13.8 Å². The Labute approximate surface area is 67.0 Å². The highest BCUT2D eigenvalue weighted by Gasteiger charge is 2.31. The van der Waals surface area contributed by atoms with E-state index in [1.165, 1.54) is 0 Å². The lowest BCUT2D eigenvalue weighted by molar-refractivity contribution is -0.137. The molecule has 1 aliphatic carbocycles. The third kappa shape index (κ3) is 1.67. The van der Waals surface area contributed by atoms with E-state index in [0.717, 1.165) is 0 Å². The average Bonchev–Trinajstić information content (AvgIpc) is 1.85. The summed E-state index contributed by atoms with van der Waals surface area (Å²) in [5, 5.41) is 0. The van der Waals surface area contributed by atoms with Crippen molar-refractivity contribution < 1.29 is 9.59 Å². The van der Waals surface area contributed by atoms with Crippen LogP contribution >= 0.6 is 0 Å². The Morgan fingerprint density at radius 3 is 2.09 bits per heavy atom. The normalized spacial score (nSPS) is 32.5. The lowest BCUT2D eigenvalue weighted by atomic mass is 9.80. The van der Waals surface area contributed by atoms with Crippen LogP contribution < -0.4 is 0 Å². The van der Waals surface area contributed by atoms with E-state index in [1.54, 1.807) is 0 Å². The number of ketones is 2. The molecule has 0 aromatic heterocycles. The van der Waals surface area contributed by atoms with Crippen LogP contribution in [0.25, 0.3) is 0 Å². The second-order valence-electron chi connectivity index (χ2n) is 3.41. The average molecular weight is 154 g/mol. The predicted molar refractivity (Wildman–Crippen MR) is 42.2 cm³/mol. The van der Waals surface area contributed by atoms with Crippen LogP contribution in [-0.2, 0) is 9.59 Å². The Morgan fingerprint density at radius 2 is 1.73 bits per heavy atom. The first-order chi connectivity index (χ1) is 5.15. The number of carbonyl (C=O) groups excluding carboxylic acids is 2. The molecule has 0 bridgehead atoms. The molecular weight excluding hydrogens is 140 g/mol. The van der Waals surface area contributed by atoms with Crippen molar-refractivity contribution >= 4 is 11.6 Å². The second kappa shape index (κ2) is 3.16. The zero-order valence-electron chi connectivity index (χ0n) is 7.09. The quantitative estimate of drug-likeness (QED) is 0.537. The molecule has 0 aliphatic heterocycles. The molecule has 1 saturated carbocycles. The highest BCUT2D eigenvalue weighted by molar-refractivity contribution is 6.04. The Hall–Kier alpha value is -0.660. The van der Waals surface area contributed by atoms with Gasteiger partial charge in [-0.1, -0.05) is 13.8 Å². The largest absolute Gasteiger partial charge is 0.299 e. The van der Waals surface area contributed by atoms with Gasteiger partial charge in [0.1, 0.15) is 11.6 Å². The zero-order valence-corrected chi connectivity index (χ0v) is 7.09. The molecule has 2 heteroatoms. The van der Waals surface area contributed by atoms with E-state index in [4.69, 9.17) is 0 Å². The molecule has 62 valence electrons. The monoisotopic (exact) mass is 154 g/mol. The van der Waals surface area contributed by atoms with Crippen LogP contribution in [0, 0.1) is 11.8 Å². The first-order valence-corrected chi connectivity index (χ1v) is 4.20. The zero-order chi connectivity index (χ0) is 8.43. The van der Waals surface area contributed by atoms with E-state index >= 15 is 0 Å². The standard InChI is InChI=1S/C9H14O2/c1-3-7-8(10)4-6(2)5-9(7)11/h6-7H,3-5H2,1-2H3. The van der Waals surface area contributed by atoms with Crippen LogP contribution in [0.2, 0.25) is 0 Å². The molecule has 0 N–H and O–H groups in total. The molecule has 1 fully saturated rings. The molecule has 0 spiro atoms. The van der Waals surface area contributed by atoms with Gasteiger partial charge >= 0.3 is 0 Å². The van der Waals surface area contributed by atoms with E-state index in [-0.39, 0.29) is 23.4 Å². The number of rotatable bonds is 1. The number of carbonyl (C=O) groups is 2. The van der Waals surface area contributed by atoms with Gasteiger partial charge in [0, 0.05) is 12.8 Å². The van der Waals surface area contributed by atoms with Gasteiger partial charge in [-0.2, -0.15) is 0 Å². The van der Waals surface area contributed by atoms with Gasteiger partial charge in [0.05, 0.1) is 5.92 Å². The second-order valence-corrected chi connectivity index (χ2v) is 3.41. The molecular formula is C9H14O2. The highest BCUT2D eigenvalue weighted by atomic mass is 16.2. The van der Waals surface area contributed by atoms with Gasteiger partial charge in [-0.15, -0.1) is 0 Å². The van der Waals surface area contributed by atoms with E-state index in [2.05, 4.69) is 0 Å². The predicted octanol–water partition coefficient (Wildman–Crippen LogP) is 1.58. The van der Waals surface area contributed by atoms with Gasteiger partial charge in [-0.05, 0) is 12.3 Å². The Kier molecular flexibility index (Phi) is 2.42. The molecule has 0 heterocycles. The van der Waals surface area contributed by atoms with Gasteiger partial charge < -0.3 is 0 Å². The minimum Gasteiger partial charge on any atom is -0.299 e. The Morgan fingerprint density at radius 1 is 1.27 bits per heavy atom. The van der Waals surface area contributed by atoms with Crippen molar-refractivity contribution in [2.24, 2.45) is 11.8 Å². The molecule has 0 aromatic rings. The van der Waals surface area contributed by atoms with Crippen LogP contribution in [0.3, 0.4) is 0 Å². The molecule has 0 amide bonds. The number of hydrogen-bond acceptors (Lipinski definition) is 2. The van der Waals surface area contributed by atoms with Crippen LogP contribution in [0.5, 0.6) is 0 Å². The van der Waals surface area contributed by atoms with Crippen LogP contribution in [0.15, 0.2) is 0 Å². The van der Waals surface area contributed by atoms with E-state index < -0.39 is 0 Å². The van der Waals surface area contributed by atoms with Gasteiger partial charge in [0.15, 0.2) is 0 Å².